The summed E-state index contributed by atoms with van der Waals surface area (Å²) in [6.07, 6.45) is 0.348. The predicted molar refractivity (Wildman–Crippen MR) is 50.5 cm³/mol. The summed E-state index contributed by atoms with van der Waals surface area (Å²) in [7, 11) is 0. The van der Waals surface area contributed by atoms with Crippen LogP contribution in [0.5, 0.6) is 0 Å². The molecule has 1 aliphatic heterocycles. The summed E-state index contributed by atoms with van der Waals surface area (Å²) < 4.78 is 4.79. The first-order valence-corrected chi connectivity index (χ1v) is 4.31. The van der Waals surface area contributed by atoms with Crippen LogP contribution in [0.15, 0.2) is 24.3 Å². The maximum Gasteiger partial charge on any atom is 0.414 e. The minimum atomic E-state index is -0.390. The van der Waals surface area contributed by atoms with Crippen LogP contribution in [0, 0.1) is 0 Å². The molecule has 1 amide bonds. The summed E-state index contributed by atoms with van der Waals surface area (Å²) in [5.41, 5.74) is 1.12. The van der Waals surface area contributed by atoms with E-state index < -0.39 is 0 Å². The number of ether oxygens (including phenoxy) is 1. The maximum atomic E-state index is 11.2. The SMILES string of the molecule is O=Cc1ccccc1N1CCOC1=O. The molecule has 0 saturated carbocycles. The molecule has 1 heterocycles. The lowest BCUT2D eigenvalue weighted by Crippen LogP contribution is -2.24. The molecule has 1 aromatic carbocycles. The van der Waals surface area contributed by atoms with E-state index in [4.69, 9.17) is 4.74 Å². The third kappa shape index (κ3) is 1.35. The molecule has 14 heavy (non-hydrogen) atoms. The zero-order chi connectivity index (χ0) is 9.97. The number of hydrogen-bond donors (Lipinski definition) is 0. The average Bonchev–Trinajstić information content (AvgIpc) is 2.64. The van der Waals surface area contributed by atoms with Crippen molar-refractivity contribution in [2.75, 3.05) is 18.1 Å². The quantitative estimate of drug-likeness (QED) is 0.665. The van der Waals surface area contributed by atoms with Crippen LogP contribution in [0.3, 0.4) is 0 Å². The van der Waals surface area contributed by atoms with Gasteiger partial charge in [-0.15, -0.1) is 0 Å². The molecular formula is C10H9NO3. The van der Waals surface area contributed by atoms with Crippen LogP contribution >= 0.6 is 0 Å². The van der Waals surface area contributed by atoms with Gasteiger partial charge in [-0.25, -0.2) is 4.79 Å². The van der Waals surface area contributed by atoms with Crippen molar-refractivity contribution >= 4 is 18.1 Å². The van der Waals surface area contributed by atoms with E-state index in [1.165, 1.54) is 4.90 Å². The van der Waals surface area contributed by atoms with E-state index in [0.29, 0.717) is 24.4 Å². The van der Waals surface area contributed by atoms with E-state index in [1.54, 1.807) is 24.3 Å². The van der Waals surface area contributed by atoms with Crippen molar-refractivity contribution in [2.45, 2.75) is 0 Å². The van der Waals surface area contributed by atoms with Gasteiger partial charge in [-0.2, -0.15) is 0 Å². The molecule has 0 aliphatic carbocycles. The topological polar surface area (TPSA) is 46.6 Å². The Balaban J connectivity index is 2.39. The van der Waals surface area contributed by atoms with Crippen molar-refractivity contribution in [1.82, 2.24) is 0 Å². The van der Waals surface area contributed by atoms with Crippen molar-refractivity contribution in [3.63, 3.8) is 0 Å². The summed E-state index contributed by atoms with van der Waals surface area (Å²) in [6, 6.07) is 6.95. The molecule has 4 heteroatoms. The maximum absolute atomic E-state index is 11.2. The highest BCUT2D eigenvalue weighted by Crippen LogP contribution is 2.21. The third-order valence-electron chi connectivity index (χ3n) is 2.12. The van der Waals surface area contributed by atoms with Gasteiger partial charge in [-0.1, -0.05) is 12.1 Å². The van der Waals surface area contributed by atoms with Gasteiger partial charge in [-0.05, 0) is 12.1 Å². The van der Waals surface area contributed by atoms with Gasteiger partial charge < -0.3 is 4.74 Å². The Labute approximate surface area is 81.1 Å². The van der Waals surface area contributed by atoms with Gasteiger partial charge in [0.15, 0.2) is 6.29 Å². The highest BCUT2D eigenvalue weighted by atomic mass is 16.6. The number of rotatable bonds is 2. The molecular weight excluding hydrogens is 182 g/mol. The minimum absolute atomic E-state index is 0.381. The number of cyclic esters (lactones) is 1. The molecule has 2 rings (SSSR count). The van der Waals surface area contributed by atoms with Crippen LogP contribution in [-0.4, -0.2) is 25.5 Å². The number of benzene rings is 1. The standard InChI is InChI=1S/C10H9NO3/c12-7-8-3-1-2-4-9(8)11-5-6-14-10(11)13/h1-4,7H,5-6H2. The smallest absolute Gasteiger partial charge is 0.414 e. The monoisotopic (exact) mass is 191 g/mol. The lowest BCUT2D eigenvalue weighted by atomic mass is 10.2. The molecule has 1 aliphatic rings. The van der Waals surface area contributed by atoms with Crippen LogP contribution in [0.25, 0.3) is 0 Å². The molecule has 0 radical (unpaired) electrons. The predicted octanol–water partition coefficient (Wildman–Crippen LogP) is 1.46. The Hall–Kier alpha value is -1.84. The normalized spacial score (nSPS) is 15.4. The molecule has 72 valence electrons. The van der Waals surface area contributed by atoms with Gasteiger partial charge in [0.05, 0.1) is 12.2 Å². The number of carbonyl (C=O) groups excluding carboxylic acids is 2. The summed E-state index contributed by atoms with van der Waals surface area (Å²) >= 11 is 0. The number of aldehydes is 1. The summed E-state index contributed by atoms with van der Waals surface area (Å²) in [6.45, 7) is 0.885. The average molecular weight is 191 g/mol. The zero-order valence-electron chi connectivity index (χ0n) is 7.47. The van der Waals surface area contributed by atoms with E-state index in [0.717, 1.165) is 6.29 Å². The number of hydrogen-bond acceptors (Lipinski definition) is 3. The fraction of sp³-hybridized carbons (Fsp3) is 0.200. The summed E-state index contributed by atoms with van der Waals surface area (Å²) in [4.78, 5) is 23.4. The Morgan fingerprint density at radius 2 is 2.14 bits per heavy atom. The van der Waals surface area contributed by atoms with Crippen molar-refractivity contribution < 1.29 is 14.3 Å². The Kier molecular flexibility index (Phi) is 2.18. The van der Waals surface area contributed by atoms with Gasteiger partial charge in [0, 0.05) is 5.56 Å². The van der Waals surface area contributed by atoms with Crippen LogP contribution in [0.2, 0.25) is 0 Å². The van der Waals surface area contributed by atoms with Gasteiger partial charge in [0.25, 0.3) is 0 Å². The Morgan fingerprint density at radius 3 is 2.79 bits per heavy atom. The molecule has 0 spiro atoms. The number of amides is 1. The van der Waals surface area contributed by atoms with Crippen molar-refractivity contribution in [3.8, 4) is 0 Å². The van der Waals surface area contributed by atoms with Crippen molar-refractivity contribution in [1.29, 1.82) is 0 Å². The summed E-state index contributed by atoms with van der Waals surface area (Å²) in [5, 5.41) is 0. The van der Waals surface area contributed by atoms with E-state index in [1.807, 2.05) is 0 Å². The molecule has 0 unspecified atom stereocenters. The molecule has 0 atom stereocenters. The molecule has 1 fully saturated rings. The van der Waals surface area contributed by atoms with Crippen LogP contribution < -0.4 is 4.90 Å². The van der Waals surface area contributed by atoms with Crippen LogP contribution in [-0.2, 0) is 4.74 Å². The Morgan fingerprint density at radius 1 is 1.36 bits per heavy atom. The highest BCUT2D eigenvalue weighted by molar-refractivity contribution is 5.95. The third-order valence-corrected chi connectivity index (χ3v) is 2.12. The van der Waals surface area contributed by atoms with Gasteiger partial charge in [0.2, 0.25) is 0 Å². The molecule has 4 nitrogen and oxygen atoms in total. The molecule has 1 saturated heterocycles. The second kappa shape index (κ2) is 3.49. The van der Waals surface area contributed by atoms with E-state index in [2.05, 4.69) is 0 Å². The lowest BCUT2D eigenvalue weighted by Gasteiger charge is -2.13. The van der Waals surface area contributed by atoms with Gasteiger partial charge >= 0.3 is 6.09 Å². The second-order valence-electron chi connectivity index (χ2n) is 2.94. The first kappa shape index (κ1) is 8.74. The van der Waals surface area contributed by atoms with Gasteiger partial charge in [-0.3, -0.25) is 9.69 Å². The second-order valence-corrected chi connectivity index (χ2v) is 2.94. The zero-order valence-corrected chi connectivity index (χ0v) is 7.47. The molecule has 0 N–H and O–H groups in total. The fourth-order valence-corrected chi connectivity index (χ4v) is 1.45. The first-order valence-electron chi connectivity index (χ1n) is 4.31. The minimum Gasteiger partial charge on any atom is -0.447 e. The van der Waals surface area contributed by atoms with E-state index >= 15 is 0 Å². The number of nitrogens with zero attached hydrogens (tertiary/aromatic N) is 1. The van der Waals surface area contributed by atoms with Crippen molar-refractivity contribution in [2.24, 2.45) is 0 Å². The van der Waals surface area contributed by atoms with Crippen LogP contribution in [0.1, 0.15) is 10.4 Å². The lowest BCUT2D eigenvalue weighted by molar-refractivity contribution is 0.112. The van der Waals surface area contributed by atoms with Gasteiger partial charge in [0.1, 0.15) is 6.61 Å². The molecule has 1 aromatic rings. The summed E-state index contributed by atoms with van der Waals surface area (Å²) in [5.74, 6) is 0. The van der Waals surface area contributed by atoms with Crippen LogP contribution in [0.4, 0.5) is 10.5 Å². The molecule has 0 aromatic heterocycles. The highest BCUT2D eigenvalue weighted by Gasteiger charge is 2.24. The first-order chi connectivity index (χ1) is 6.83. The number of carbonyl (C=O) groups is 2. The largest absolute Gasteiger partial charge is 0.447 e. The van der Waals surface area contributed by atoms with E-state index in [-0.39, 0.29) is 6.09 Å². The van der Waals surface area contributed by atoms with E-state index in [9.17, 15) is 9.59 Å². The van der Waals surface area contributed by atoms with Crippen molar-refractivity contribution in [3.05, 3.63) is 29.8 Å². The number of para-hydroxylation sites is 1. The fourth-order valence-electron chi connectivity index (χ4n) is 1.45. The Bertz CT molecular complexity index is 375. The number of anilines is 1. The molecule has 0 bridgehead atoms.